The van der Waals surface area contributed by atoms with Crippen molar-refractivity contribution >= 4 is 29.3 Å². The van der Waals surface area contributed by atoms with Crippen molar-refractivity contribution in [2.45, 2.75) is 0 Å². The third-order valence-corrected chi connectivity index (χ3v) is 1.89. The Morgan fingerprint density at radius 1 is 1.44 bits per heavy atom. The van der Waals surface area contributed by atoms with E-state index >= 15 is 0 Å². The third kappa shape index (κ3) is 4.10. The summed E-state index contributed by atoms with van der Waals surface area (Å²) >= 11 is 4.53. The van der Waals surface area contributed by atoms with Crippen molar-refractivity contribution in [3.05, 3.63) is 35.9 Å². The standard InChI is InChI=1S/C11H12N2O2S/c1-15-9-5-2-8(3-6-9)4-7-10(14)13-11(12)16/h2-7H,1H3,(H3,12,13,14,16)/b7-4+. The van der Waals surface area contributed by atoms with Crippen molar-refractivity contribution in [2.75, 3.05) is 7.11 Å². The molecule has 3 N–H and O–H groups in total. The lowest BCUT2D eigenvalue weighted by atomic mass is 10.2. The maximum atomic E-state index is 11.2. The predicted octanol–water partition coefficient (Wildman–Crippen LogP) is 1.07. The lowest BCUT2D eigenvalue weighted by molar-refractivity contribution is -0.115. The lowest BCUT2D eigenvalue weighted by Crippen LogP contribution is -2.33. The first-order chi connectivity index (χ1) is 7.61. The first kappa shape index (κ1) is 12.2. The number of carbonyl (C=O) groups is 1. The van der Waals surface area contributed by atoms with Gasteiger partial charge in [-0.25, -0.2) is 0 Å². The Balaban J connectivity index is 2.62. The van der Waals surface area contributed by atoms with Crippen LogP contribution in [0, 0.1) is 0 Å². The van der Waals surface area contributed by atoms with Gasteiger partial charge in [0.15, 0.2) is 5.11 Å². The highest BCUT2D eigenvalue weighted by atomic mass is 32.1. The Hall–Kier alpha value is -1.88. The summed E-state index contributed by atoms with van der Waals surface area (Å²) in [5.74, 6) is 0.424. The van der Waals surface area contributed by atoms with Gasteiger partial charge in [0.25, 0.3) is 0 Å². The molecule has 0 unspecified atom stereocenters. The molecule has 0 aliphatic rings. The van der Waals surface area contributed by atoms with Gasteiger partial charge >= 0.3 is 0 Å². The van der Waals surface area contributed by atoms with Crippen molar-refractivity contribution in [3.8, 4) is 5.75 Å². The molecule has 1 amide bonds. The summed E-state index contributed by atoms with van der Waals surface area (Å²) in [6, 6.07) is 7.29. The van der Waals surface area contributed by atoms with Crippen LogP contribution in [-0.2, 0) is 4.79 Å². The normalized spacial score (nSPS) is 10.1. The van der Waals surface area contributed by atoms with Gasteiger partial charge in [-0.3, -0.25) is 10.1 Å². The van der Waals surface area contributed by atoms with Crippen LogP contribution >= 0.6 is 12.2 Å². The zero-order chi connectivity index (χ0) is 12.0. The van der Waals surface area contributed by atoms with Gasteiger partial charge in [-0.05, 0) is 36.0 Å². The summed E-state index contributed by atoms with van der Waals surface area (Å²) in [7, 11) is 1.60. The first-order valence-electron chi connectivity index (χ1n) is 4.54. The molecule has 0 radical (unpaired) electrons. The zero-order valence-corrected chi connectivity index (χ0v) is 9.58. The number of rotatable bonds is 3. The van der Waals surface area contributed by atoms with E-state index in [4.69, 9.17) is 10.5 Å². The van der Waals surface area contributed by atoms with Gasteiger partial charge in [-0.1, -0.05) is 12.1 Å². The minimum absolute atomic E-state index is 0.0376. The summed E-state index contributed by atoms with van der Waals surface area (Å²) in [5, 5.41) is 2.26. The highest BCUT2D eigenvalue weighted by molar-refractivity contribution is 7.80. The highest BCUT2D eigenvalue weighted by Crippen LogP contribution is 2.11. The molecule has 16 heavy (non-hydrogen) atoms. The van der Waals surface area contributed by atoms with Crippen LogP contribution in [0.1, 0.15) is 5.56 Å². The quantitative estimate of drug-likeness (QED) is 0.608. The molecule has 0 saturated heterocycles. The van der Waals surface area contributed by atoms with Gasteiger partial charge in [0.1, 0.15) is 5.75 Å². The van der Waals surface area contributed by atoms with Crippen LogP contribution in [0.25, 0.3) is 6.08 Å². The fraction of sp³-hybridized carbons (Fsp3) is 0.0909. The molecule has 0 aliphatic heterocycles. The summed E-state index contributed by atoms with van der Waals surface area (Å²) in [6.45, 7) is 0. The van der Waals surface area contributed by atoms with Gasteiger partial charge in [-0.2, -0.15) is 0 Å². The van der Waals surface area contributed by atoms with Crippen molar-refractivity contribution in [1.82, 2.24) is 5.32 Å². The number of nitrogens with two attached hydrogens (primary N) is 1. The van der Waals surface area contributed by atoms with E-state index in [0.717, 1.165) is 11.3 Å². The van der Waals surface area contributed by atoms with E-state index < -0.39 is 0 Å². The second kappa shape index (κ2) is 5.87. The topological polar surface area (TPSA) is 64.3 Å². The predicted molar refractivity (Wildman–Crippen MR) is 67.0 cm³/mol. The second-order valence-electron chi connectivity index (χ2n) is 2.96. The van der Waals surface area contributed by atoms with Crippen LogP contribution in [-0.4, -0.2) is 18.1 Å². The number of hydrogen-bond acceptors (Lipinski definition) is 3. The molecule has 0 bridgehead atoms. The van der Waals surface area contributed by atoms with E-state index in [9.17, 15) is 4.79 Å². The average Bonchev–Trinajstić information content (AvgIpc) is 2.26. The Morgan fingerprint density at radius 3 is 2.56 bits per heavy atom. The smallest absolute Gasteiger partial charge is 0.250 e. The average molecular weight is 236 g/mol. The van der Waals surface area contributed by atoms with E-state index in [0.29, 0.717) is 0 Å². The molecular formula is C11H12N2O2S. The molecule has 1 aromatic rings. The van der Waals surface area contributed by atoms with Crippen molar-refractivity contribution in [3.63, 3.8) is 0 Å². The molecule has 1 rings (SSSR count). The van der Waals surface area contributed by atoms with Crippen molar-refractivity contribution in [2.24, 2.45) is 5.73 Å². The number of hydrogen-bond donors (Lipinski definition) is 2. The largest absolute Gasteiger partial charge is 0.497 e. The van der Waals surface area contributed by atoms with Gasteiger partial charge in [-0.15, -0.1) is 0 Å². The number of thiocarbonyl (C=S) groups is 1. The molecular weight excluding hydrogens is 224 g/mol. The van der Waals surface area contributed by atoms with Crippen LogP contribution in [0.3, 0.4) is 0 Å². The first-order valence-corrected chi connectivity index (χ1v) is 4.95. The summed E-state index contributed by atoms with van der Waals surface area (Å²) < 4.78 is 5.01. The number of carbonyl (C=O) groups excluding carboxylic acids is 1. The van der Waals surface area contributed by atoms with Gasteiger partial charge < -0.3 is 10.5 Å². The van der Waals surface area contributed by atoms with E-state index in [-0.39, 0.29) is 11.0 Å². The minimum Gasteiger partial charge on any atom is -0.497 e. The van der Waals surface area contributed by atoms with E-state index in [1.54, 1.807) is 13.2 Å². The Kier molecular flexibility index (Phi) is 4.47. The van der Waals surface area contributed by atoms with Gasteiger partial charge in [0.05, 0.1) is 7.11 Å². The molecule has 1 aromatic carbocycles. The van der Waals surface area contributed by atoms with E-state index in [1.165, 1.54) is 6.08 Å². The van der Waals surface area contributed by atoms with Crippen LogP contribution in [0.15, 0.2) is 30.3 Å². The maximum absolute atomic E-state index is 11.2. The molecule has 0 atom stereocenters. The summed E-state index contributed by atoms with van der Waals surface area (Å²) in [4.78, 5) is 11.2. The number of methoxy groups -OCH3 is 1. The molecule has 0 heterocycles. The Labute approximate surface area is 99.1 Å². The van der Waals surface area contributed by atoms with Gasteiger partial charge in [0.2, 0.25) is 5.91 Å². The molecule has 84 valence electrons. The van der Waals surface area contributed by atoms with Gasteiger partial charge in [0, 0.05) is 6.08 Å². The molecule has 5 heteroatoms. The van der Waals surface area contributed by atoms with Crippen LogP contribution in [0.4, 0.5) is 0 Å². The van der Waals surface area contributed by atoms with Crippen molar-refractivity contribution < 1.29 is 9.53 Å². The molecule has 4 nitrogen and oxygen atoms in total. The summed E-state index contributed by atoms with van der Waals surface area (Å²) in [5.41, 5.74) is 6.04. The fourth-order valence-corrected chi connectivity index (χ4v) is 1.15. The molecule has 0 fully saturated rings. The summed E-state index contributed by atoms with van der Waals surface area (Å²) in [6.07, 6.45) is 3.02. The number of amides is 1. The van der Waals surface area contributed by atoms with Crippen LogP contribution < -0.4 is 15.8 Å². The van der Waals surface area contributed by atoms with Crippen LogP contribution in [0.5, 0.6) is 5.75 Å². The molecule has 0 aliphatic carbocycles. The van der Waals surface area contributed by atoms with Crippen LogP contribution in [0.2, 0.25) is 0 Å². The SMILES string of the molecule is COc1ccc(/C=C/C(=O)NC(N)=S)cc1. The zero-order valence-electron chi connectivity index (χ0n) is 8.77. The number of nitrogens with one attached hydrogen (secondary N) is 1. The van der Waals surface area contributed by atoms with E-state index in [2.05, 4.69) is 17.5 Å². The monoisotopic (exact) mass is 236 g/mol. The molecule has 0 saturated carbocycles. The highest BCUT2D eigenvalue weighted by Gasteiger charge is 1.95. The number of ether oxygens (including phenoxy) is 1. The number of benzene rings is 1. The third-order valence-electron chi connectivity index (χ3n) is 1.79. The Morgan fingerprint density at radius 2 is 2.06 bits per heavy atom. The fourth-order valence-electron chi connectivity index (χ4n) is 1.05. The maximum Gasteiger partial charge on any atom is 0.250 e. The lowest BCUT2D eigenvalue weighted by Gasteiger charge is -1.99. The second-order valence-corrected chi connectivity index (χ2v) is 3.40. The molecule has 0 aromatic heterocycles. The van der Waals surface area contributed by atoms with Crippen molar-refractivity contribution in [1.29, 1.82) is 0 Å². The minimum atomic E-state index is -0.344. The van der Waals surface area contributed by atoms with E-state index in [1.807, 2.05) is 24.3 Å². The molecule has 0 spiro atoms. The Bertz CT molecular complexity index is 412.